The van der Waals surface area contributed by atoms with Crippen LogP contribution in [0.3, 0.4) is 0 Å². The Bertz CT molecular complexity index is 303. The Morgan fingerprint density at radius 3 is 3.25 bits per heavy atom. The summed E-state index contributed by atoms with van der Waals surface area (Å²) in [6.07, 6.45) is -0.254. The standard InChI is InChI=1S/C8H9BrN2O/c9-5-2-1-3-6-8(5)12-7(10)4-11-6/h1-3,7,11H,4,10H2. The van der Waals surface area contributed by atoms with Crippen molar-refractivity contribution in [1.82, 2.24) is 0 Å². The molecule has 12 heavy (non-hydrogen) atoms. The van der Waals surface area contributed by atoms with Crippen LogP contribution in [0.15, 0.2) is 22.7 Å². The van der Waals surface area contributed by atoms with Crippen molar-refractivity contribution in [2.75, 3.05) is 11.9 Å². The fourth-order valence-corrected chi connectivity index (χ4v) is 1.63. The zero-order chi connectivity index (χ0) is 8.55. The van der Waals surface area contributed by atoms with E-state index in [1.807, 2.05) is 18.2 Å². The van der Waals surface area contributed by atoms with E-state index in [9.17, 15) is 0 Å². The molecule has 0 amide bonds. The molecule has 0 bridgehead atoms. The van der Waals surface area contributed by atoms with Gasteiger partial charge in [-0.3, -0.25) is 5.73 Å². The molecule has 1 aromatic carbocycles. The summed E-state index contributed by atoms with van der Waals surface area (Å²) in [5.74, 6) is 0.802. The monoisotopic (exact) mass is 228 g/mol. The van der Waals surface area contributed by atoms with Crippen molar-refractivity contribution in [2.45, 2.75) is 6.23 Å². The summed E-state index contributed by atoms with van der Waals surface area (Å²) in [5, 5.41) is 3.17. The van der Waals surface area contributed by atoms with Gasteiger partial charge in [-0.05, 0) is 28.1 Å². The highest BCUT2D eigenvalue weighted by Crippen LogP contribution is 2.35. The number of para-hydroxylation sites is 1. The molecule has 0 aliphatic carbocycles. The van der Waals surface area contributed by atoms with Crippen LogP contribution in [-0.4, -0.2) is 12.8 Å². The SMILES string of the molecule is NC1CNc2cccc(Br)c2O1. The molecular weight excluding hydrogens is 220 g/mol. The lowest BCUT2D eigenvalue weighted by molar-refractivity contribution is 0.212. The molecule has 1 unspecified atom stereocenters. The van der Waals surface area contributed by atoms with Gasteiger partial charge < -0.3 is 10.1 Å². The first-order chi connectivity index (χ1) is 5.77. The normalized spacial score (nSPS) is 20.7. The van der Waals surface area contributed by atoms with Crippen LogP contribution in [0.2, 0.25) is 0 Å². The average molecular weight is 229 g/mol. The molecule has 1 aliphatic rings. The van der Waals surface area contributed by atoms with Gasteiger partial charge >= 0.3 is 0 Å². The molecule has 0 saturated carbocycles. The van der Waals surface area contributed by atoms with Crippen LogP contribution in [0, 0.1) is 0 Å². The number of hydrogen-bond acceptors (Lipinski definition) is 3. The van der Waals surface area contributed by atoms with E-state index in [1.54, 1.807) is 0 Å². The number of benzene rings is 1. The third-order valence-corrected chi connectivity index (χ3v) is 2.35. The fourth-order valence-electron chi connectivity index (χ4n) is 1.17. The highest BCUT2D eigenvalue weighted by Gasteiger charge is 2.17. The smallest absolute Gasteiger partial charge is 0.165 e. The van der Waals surface area contributed by atoms with Crippen molar-refractivity contribution in [2.24, 2.45) is 5.73 Å². The van der Waals surface area contributed by atoms with E-state index < -0.39 is 0 Å². The lowest BCUT2D eigenvalue weighted by Gasteiger charge is -2.25. The fraction of sp³-hybridized carbons (Fsp3) is 0.250. The second-order valence-corrected chi connectivity index (χ2v) is 3.51. The molecule has 3 nitrogen and oxygen atoms in total. The molecule has 2 rings (SSSR count). The van der Waals surface area contributed by atoms with Gasteiger partial charge in [-0.25, -0.2) is 0 Å². The Hall–Kier alpha value is -0.740. The number of ether oxygens (including phenoxy) is 1. The molecule has 0 saturated heterocycles. The first-order valence-corrected chi connectivity index (χ1v) is 4.51. The Morgan fingerprint density at radius 2 is 2.42 bits per heavy atom. The third kappa shape index (κ3) is 1.28. The molecule has 64 valence electrons. The number of fused-ring (bicyclic) bond motifs is 1. The predicted molar refractivity (Wildman–Crippen MR) is 51.2 cm³/mol. The Kier molecular flexibility index (Phi) is 1.94. The minimum atomic E-state index is -0.254. The van der Waals surface area contributed by atoms with Crippen LogP contribution >= 0.6 is 15.9 Å². The molecule has 0 aromatic heterocycles. The second kappa shape index (κ2) is 2.95. The van der Waals surface area contributed by atoms with Crippen LogP contribution in [0.5, 0.6) is 5.75 Å². The number of hydrogen-bond donors (Lipinski definition) is 2. The first-order valence-electron chi connectivity index (χ1n) is 3.72. The van der Waals surface area contributed by atoms with Crippen LogP contribution in [0.25, 0.3) is 0 Å². The number of anilines is 1. The van der Waals surface area contributed by atoms with E-state index in [-0.39, 0.29) is 6.23 Å². The summed E-state index contributed by atoms with van der Waals surface area (Å²) in [7, 11) is 0. The molecule has 0 fully saturated rings. The molecule has 4 heteroatoms. The van der Waals surface area contributed by atoms with Crippen LogP contribution in [-0.2, 0) is 0 Å². The van der Waals surface area contributed by atoms with Gasteiger partial charge in [-0.2, -0.15) is 0 Å². The topological polar surface area (TPSA) is 47.3 Å². The van der Waals surface area contributed by atoms with E-state index in [4.69, 9.17) is 10.5 Å². The first kappa shape index (κ1) is 7.89. The minimum absolute atomic E-state index is 0.254. The van der Waals surface area contributed by atoms with Crippen LogP contribution in [0.4, 0.5) is 5.69 Å². The van der Waals surface area contributed by atoms with Crippen molar-refractivity contribution in [3.05, 3.63) is 22.7 Å². The summed E-state index contributed by atoms with van der Waals surface area (Å²) >= 11 is 3.39. The lowest BCUT2D eigenvalue weighted by Crippen LogP contribution is -2.38. The molecular formula is C8H9BrN2O. The van der Waals surface area contributed by atoms with E-state index >= 15 is 0 Å². The molecule has 1 atom stereocenters. The number of halogens is 1. The van der Waals surface area contributed by atoms with E-state index in [0.717, 1.165) is 15.9 Å². The Balaban J connectivity index is 2.43. The Morgan fingerprint density at radius 1 is 1.58 bits per heavy atom. The number of nitrogens with one attached hydrogen (secondary N) is 1. The van der Waals surface area contributed by atoms with Crippen molar-refractivity contribution < 1.29 is 4.74 Å². The Labute approximate surface area is 79.0 Å². The maximum Gasteiger partial charge on any atom is 0.165 e. The van der Waals surface area contributed by atoms with E-state index in [1.165, 1.54) is 0 Å². The third-order valence-electron chi connectivity index (χ3n) is 1.73. The van der Waals surface area contributed by atoms with Gasteiger partial charge in [0.05, 0.1) is 16.7 Å². The van der Waals surface area contributed by atoms with Crippen molar-refractivity contribution in [3.8, 4) is 5.75 Å². The molecule has 0 spiro atoms. The zero-order valence-electron chi connectivity index (χ0n) is 6.38. The maximum atomic E-state index is 5.61. The second-order valence-electron chi connectivity index (χ2n) is 2.65. The summed E-state index contributed by atoms with van der Waals surface area (Å²) < 4.78 is 6.36. The lowest BCUT2D eigenvalue weighted by atomic mass is 10.2. The summed E-state index contributed by atoms with van der Waals surface area (Å²) in [5.41, 5.74) is 6.60. The maximum absolute atomic E-state index is 5.61. The summed E-state index contributed by atoms with van der Waals surface area (Å²) in [6.45, 7) is 0.656. The molecule has 3 N–H and O–H groups in total. The quantitative estimate of drug-likeness (QED) is 0.709. The highest BCUT2D eigenvalue weighted by atomic mass is 79.9. The molecule has 1 heterocycles. The van der Waals surface area contributed by atoms with Crippen LogP contribution in [0.1, 0.15) is 0 Å². The largest absolute Gasteiger partial charge is 0.470 e. The average Bonchev–Trinajstić information content (AvgIpc) is 2.07. The predicted octanol–water partition coefficient (Wildman–Crippen LogP) is 1.54. The van der Waals surface area contributed by atoms with Gasteiger partial charge in [0, 0.05) is 0 Å². The highest BCUT2D eigenvalue weighted by molar-refractivity contribution is 9.10. The van der Waals surface area contributed by atoms with Gasteiger partial charge in [-0.1, -0.05) is 6.07 Å². The molecule has 1 aliphatic heterocycles. The summed E-state index contributed by atoms with van der Waals surface area (Å²) in [6, 6.07) is 5.85. The van der Waals surface area contributed by atoms with Gasteiger partial charge in [-0.15, -0.1) is 0 Å². The van der Waals surface area contributed by atoms with Gasteiger partial charge in [0.2, 0.25) is 0 Å². The summed E-state index contributed by atoms with van der Waals surface area (Å²) in [4.78, 5) is 0. The zero-order valence-corrected chi connectivity index (χ0v) is 7.97. The van der Waals surface area contributed by atoms with Gasteiger partial charge in [0.1, 0.15) is 0 Å². The van der Waals surface area contributed by atoms with Crippen LogP contribution < -0.4 is 15.8 Å². The number of nitrogens with two attached hydrogens (primary N) is 1. The minimum Gasteiger partial charge on any atom is -0.470 e. The molecule has 0 radical (unpaired) electrons. The number of rotatable bonds is 0. The van der Waals surface area contributed by atoms with E-state index in [0.29, 0.717) is 6.54 Å². The van der Waals surface area contributed by atoms with Crippen molar-refractivity contribution in [3.63, 3.8) is 0 Å². The van der Waals surface area contributed by atoms with Gasteiger partial charge in [0.15, 0.2) is 12.0 Å². The van der Waals surface area contributed by atoms with E-state index in [2.05, 4.69) is 21.2 Å². The molecule has 1 aromatic rings. The van der Waals surface area contributed by atoms with Gasteiger partial charge in [0.25, 0.3) is 0 Å². The van der Waals surface area contributed by atoms with Crippen molar-refractivity contribution in [1.29, 1.82) is 0 Å². The van der Waals surface area contributed by atoms with Crippen molar-refractivity contribution >= 4 is 21.6 Å².